The van der Waals surface area contributed by atoms with Crippen LogP contribution in [0.2, 0.25) is 0 Å². The van der Waals surface area contributed by atoms with E-state index in [2.05, 4.69) is 0 Å². The molecule has 0 heterocycles. The van der Waals surface area contributed by atoms with Gasteiger partial charge in [-0.15, -0.1) is 0 Å². The van der Waals surface area contributed by atoms with Gasteiger partial charge >= 0.3 is 0 Å². The number of aliphatic carboxylic acids is 1. The molecule has 1 N–H and O–H groups in total. The van der Waals surface area contributed by atoms with E-state index in [0.717, 1.165) is 6.92 Å². The molecule has 0 fully saturated rings. The van der Waals surface area contributed by atoms with Gasteiger partial charge in [0.15, 0.2) is 0 Å². The van der Waals surface area contributed by atoms with Gasteiger partial charge < -0.3 is 5.11 Å². The van der Waals surface area contributed by atoms with Crippen molar-refractivity contribution in [2.45, 2.75) is 20.8 Å². The zero-order valence-electron chi connectivity index (χ0n) is 4.93. The van der Waals surface area contributed by atoms with Crippen molar-refractivity contribution in [3.8, 4) is 0 Å². The van der Waals surface area contributed by atoms with E-state index < -0.39 is 5.97 Å². The summed E-state index contributed by atoms with van der Waals surface area (Å²) in [4.78, 5) is 9.00. The predicted molar refractivity (Wildman–Crippen MR) is 29.0 cm³/mol. The zero-order chi connectivity index (χ0) is 6.28. The number of carboxylic acid groups (broad SMARTS) is 1. The molecule has 0 saturated heterocycles. The van der Waals surface area contributed by atoms with Crippen LogP contribution in [-0.4, -0.2) is 11.1 Å². The minimum Gasteiger partial charge on any atom is -0.481 e. The molecule has 0 rings (SSSR count). The molecule has 0 amide bonds. The molecule has 0 aliphatic rings. The van der Waals surface area contributed by atoms with E-state index in [1.54, 1.807) is 0 Å². The Morgan fingerprint density at radius 1 is 1.57 bits per heavy atom. The van der Waals surface area contributed by atoms with Crippen LogP contribution in [0.1, 0.15) is 20.8 Å². The molecule has 1 radical (unpaired) electrons. The first kappa shape index (κ1) is 9.69. The van der Waals surface area contributed by atoms with Gasteiger partial charge in [0.25, 0.3) is 5.97 Å². The van der Waals surface area contributed by atoms with Gasteiger partial charge in [-0.2, -0.15) is 0 Å². The summed E-state index contributed by atoms with van der Waals surface area (Å²) in [5.74, 6) is -0.833. The zero-order valence-corrected chi connectivity index (χ0v) is 4.93. The van der Waals surface area contributed by atoms with E-state index in [0.29, 0.717) is 0 Å². The van der Waals surface area contributed by atoms with E-state index in [9.17, 15) is 0 Å². The number of hydrogen-bond donors (Lipinski definition) is 1. The van der Waals surface area contributed by atoms with Crippen LogP contribution < -0.4 is 0 Å². The number of hydrogen-bond acceptors (Lipinski definition) is 1. The molecule has 0 aromatic heterocycles. The molecular weight excluding hydrogens is 92.1 g/mol. The summed E-state index contributed by atoms with van der Waals surface area (Å²) < 4.78 is 0. The Morgan fingerprint density at radius 2 is 1.57 bits per heavy atom. The lowest BCUT2D eigenvalue weighted by molar-refractivity contribution is -0.134. The summed E-state index contributed by atoms with van der Waals surface area (Å²) in [6.07, 6.45) is 2.00. The second-order valence-corrected chi connectivity index (χ2v) is 1.10. The summed E-state index contributed by atoms with van der Waals surface area (Å²) in [6.45, 7) is 5.08. The maximum Gasteiger partial charge on any atom is 0.300 e. The molecule has 0 aliphatic carbocycles. The van der Waals surface area contributed by atoms with E-state index in [4.69, 9.17) is 9.90 Å². The van der Waals surface area contributed by atoms with Crippen LogP contribution in [0, 0.1) is 6.42 Å². The molecule has 2 heteroatoms. The molecule has 0 aromatic rings. The third-order valence-electron chi connectivity index (χ3n) is 0. The minimum atomic E-state index is -0.833. The minimum absolute atomic E-state index is 0.833. The summed E-state index contributed by atoms with van der Waals surface area (Å²) in [5.41, 5.74) is 0. The molecule has 0 spiro atoms. The van der Waals surface area contributed by atoms with E-state index in [1.807, 2.05) is 20.3 Å². The normalized spacial score (nSPS) is 6.14. The molecule has 7 heavy (non-hydrogen) atoms. The summed E-state index contributed by atoms with van der Waals surface area (Å²) in [5, 5.41) is 7.42. The van der Waals surface area contributed by atoms with Crippen molar-refractivity contribution in [2.24, 2.45) is 0 Å². The van der Waals surface area contributed by atoms with Crippen LogP contribution in [0.5, 0.6) is 0 Å². The van der Waals surface area contributed by atoms with Crippen molar-refractivity contribution in [1.29, 1.82) is 0 Å². The summed E-state index contributed by atoms with van der Waals surface area (Å²) in [7, 11) is 0. The third-order valence-corrected chi connectivity index (χ3v) is 0. The average Bonchev–Trinajstić information content (AvgIpc) is 1.33. The highest BCUT2D eigenvalue weighted by Gasteiger charge is 1.65. The van der Waals surface area contributed by atoms with Crippen molar-refractivity contribution in [3.63, 3.8) is 0 Å². The molecule has 0 saturated carbocycles. The highest BCUT2D eigenvalue weighted by atomic mass is 16.4. The number of carboxylic acids is 1. The number of carbonyl (C=O) groups is 1. The SMILES string of the molecule is CC(=O)O.C[CH]C. The van der Waals surface area contributed by atoms with Crippen molar-refractivity contribution in [2.75, 3.05) is 0 Å². The van der Waals surface area contributed by atoms with E-state index in [-0.39, 0.29) is 0 Å². The van der Waals surface area contributed by atoms with E-state index in [1.165, 1.54) is 0 Å². The van der Waals surface area contributed by atoms with Gasteiger partial charge in [-0.05, 0) is 6.42 Å². The van der Waals surface area contributed by atoms with Crippen LogP contribution in [0.4, 0.5) is 0 Å². The van der Waals surface area contributed by atoms with Crippen LogP contribution in [0.25, 0.3) is 0 Å². The van der Waals surface area contributed by atoms with Gasteiger partial charge in [0.05, 0.1) is 0 Å². The smallest absolute Gasteiger partial charge is 0.300 e. The van der Waals surface area contributed by atoms with Gasteiger partial charge in [-0.25, -0.2) is 0 Å². The summed E-state index contributed by atoms with van der Waals surface area (Å²) in [6, 6.07) is 0. The molecule has 0 bridgehead atoms. The Kier molecular flexibility index (Phi) is 12.6. The molecule has 43 valence electrons. The molecule has 2 nitrogen and oxygen atoms in total. The van der Waals surface area contributed by atoms with Gasteiger partial charge in [0.1, 0.15) is 0 Å². The predicted octanol–water partition coefficient (Wildman–Crippen LogP) is 1.32. The lowest BCUT2D eigenvalue weighted by Crippen LogP contribution is -1.78. The Balaban J connectivity index is 0. The fourth-order valence-corrected chi connectivity index (χ4v) is 0. The molecule has 0 atom stereocenters. The van der Waals surface area contributed by atoms with Crippen LogP contribution in [0.15, 0.2) is 0 Å². The number of rotatable bonds is 0. The standard InChI is InChI=1S/C3H7.C2H4O2/c1-3-2;1-2(3)4/h3H,1-2H3;1H3,(H,3,4). The van der Waals surface area contributed by atoms with Crippen molar-refractivity contribution in [1.82, 2.24) is 0 Å². The van der Waals surface area contributed by atoms with E-state index >= 15 is 0 Å². The van der Waals surface area contributed by atoms with Crippen LogP contribution >= 0.6 is 0 Å². The highest BCUT2D eigenvalue weighted by Crippen LogP contribution is 1.53. The summed E-state index contributed by atoms with van der Waals surface area (Å²) >= 11 is 0. The maximum absolute atomic E-state index is 9.00. The largest absolute Gasteiger partial charge is 0.481 e. The highest BCUT2D eigenvalue weighted by molar-refractivity contribution is 5.62. The molecule has 0 aliphatic heterocycles. The lowest BCUT2D eigenvalue weighted by atomic mass is 10.6. The van der Waals surface area contributed by atoms with Crippen LogP contribution in [-0.2, 0) is 4.79 Å². The molecular formula is C5H11O2. The topological polar surface area (TPSA) is 37.3 Å². The monoisotopic (exact) mass is 103 g/mol. The first-order valence-corrected chi connectivity index (χ1v) is 2.08. The fourth-order valence-electron chi connectivity index (χ4n) is 0. The Labute approximate surface area is 44.2 Å². The average molecular weight is 103 g/mol. The third kappa shape index (κ3) is 234. The van der Waals surface area contributed by atoms with Crippen molar-refractivity contribution in [3.05, 3.63) is 6.42 Å². The van der Waals surface area contributed by atoms with Crippen molar-refractivity contribution >= 4 is 5.97 Å². The quantitative estimate of drug-likeness (QED) is 0.502. The Hall–Kier alpha value is -0.530. The Morgan fingerprint density at radius 3 is 1.57 bits per heavy atom. The van der Waals surface area contributed by atoms with Gasteiger partial charge in [-0.1, -0.05) is 13.8 Å². The fraction of sp³-hybridized carbons (Fsp3) is 0.600. The first-order chi connectivity index (χ1) is 3.15. The second-order valence-electron chi connectivity index (χ2n) is 1.10. The van der Waals surface area contributed by atoms with Crippen LogP contribution in [0.3, 0.4) is 0 Å². The second kappa shape index (κ2) is 9.08. The van der Waals surface area contributed by atoms with Gasteiger partial charge in [-0.3, -0.25) is 4.79 Å². The first-order valence-electron chi connectivity index (χ1n) is 2.08. The lowest BCUT2D eigenvalue weighted by Gasteiger charge is -1.59. The maximum atomic E-state index is 9.00. The molecule has 0 unspecified atom stereocenters. The molecule has 0 aromatic carbocycles. The van der Waals surface area contributed by atoms with Crippen molar-refractivity contribution < 1.29 is 9.90 Å². The van der Waals surface area contributed by atoms with Gasteiger partial charge in [0.2, 0.25) is 0 Å². The Bertz CT molecular complexity index is 37.3. The van der Waals surface area contributed by atoms with Gasteiger partial charge in [0, 0.05) is 6.92 Å².